The Kier molecular flexibility index (Phi) is 6.95. The first-order valence-corrected chi connectivity index (χ1v) is 11.9. The highest BCUT2D eigenvalue weighted by Crippen LogP contribution is 2.35. The number of nitrogens with zero attached hydrogens (tertiary/aromatic N) is 2. The van der Waals surface area contributed by atoms with Crippen LogP contribution in [-0.4, -0.2) is 54.9 Å². The Morgan fingerprint density at radius 3 is 2.82 bits per heavy atom. The van der Waals surface area contributed by atoms with Gasteiger partial charge in [-0.25, -0.2) is 9.59 Å². The zero-order valence-electron chi connectivity index (χ0n) is 18.3. The molecule has 0 saturated carbocycles. The van der Waals surface area contributed by atoms with Crippen LogP contribution in [0, 0.1) is 0 Å². The van der Waals surface area contributed by atoms with Gasteiger partial charge in [-0.3, -0.25) is 9.69 Å². The van der Waals surface area contributed by atoms with E-state index in [4.69, 9.17) is 21.1 Å². The van der Waals surface area contributed by atoms with E-state index in [0.29, 0.717) is 40.2 Å². The Hall–Kier alpha value is -2.97. The van der Waals surface area contributed by atoms with Crippen molar-refractivity contribution in [1.29, 1.82) is 0 Å². The summed E-state index contributed by atoms with van der Waals surface area (Å²) in [6.45, 7) is 2.84. The summed E-state index contributed by atoms with van der Waals surface area (Å²) in [6, 6.07) is 8.75. The predicted octanol–water partition coefficient (Wildman–Crippen LogP) is 4.68. The van der Waals surface area contributed by atoms with Gasteiger partial charge in [0.25, 0.3) is 0 Å². The Labute approximate surface area is 200 Å². The summed E-state index contributed by atoms with van der Waals surface area (Å²) in [4.78, 5) is 39.7. The number of rotatable bonds is 8. The lowest BCUT2D eigenvalue weighted by molar-refractivity contribution is -0.442. The third-order valence-corrected chi connectivity index (χ3v) is 7.01. The molecule has 3 heterocycles. The van der Waals surface area contributed by atoms with Crippen molar-refractivity contribution in [3.05, 3.63) is 57.3 Å². The van der Waals surface area contributed by atoms with Crippen LogP contribution >= 0.6 is 22.9 Å². The van der Waals surface area contributed by atoms with E-state index < -0.39 is 12.0 Å². The second-order valence-electron chi connectivity index (χ2n) is 7.74. The van der Waals surface area contributed by atoms with Crippen LogP contribution in [0.25, 0.3) is 0 Å². The summed E-state index contributed by atoms with van der Waals surface area (Å²) >= 11 is 7.14. The minimum atomic E-state index is -0.471. The number of methoxy groups -OCH3 is 1. The maximum atomic E-state index is 12.8. The molecule has 0 aliphatic carbocycles. The molecule has 7 nitrogen and oxygen atoms in total. The van der Waals surface area contributed by atoms with Crippen molar-refractivity contribution in [1.82, 2.24) is 0 Å². The molecule has 1 saturated heterocycles. The molecule has 0 spiro atoms. The number of carbonyl (C=O) groups excluding carboxylic acids is 3. The minimum absolute atomic E-state index is 0.0176. The molecule has 4 rings (SSSR count). The van der Waals surface area contributed by atoms with Crippen LogP contribution in [0.1, 0.15) is 40.9 Å². The number of amides is 2. The van der Waals surface area contributed by atoms with Gasteiger partial charge in [-0.1, -0.05) is 23.7 Å². The number of carbonyl (C=O) groups is 3. The number of cyclic esters (lactones) is 1. The van der Waals surface area contributed by atoms with E-state index in [-0.39, 0.29) is 24.2 Å². The number of Topliss-reactive ketones (excluding diaryl/α,β-unsaturated/α-hetero) is 1. The van der Waals surface area contributed by atoms with Crippen molar-refractivity contribution in [2.45, 2.75) is 31.8 Å². The van der Waals surface area contributed by atoms with Gasteiger partial charge >= 0.3 is 12.0 Å². The molecule has 2 aliphatic rings. The van der Waals surface area contributed by atoms with Gasteiger partial charge in [0, 0.05) is 18.1 Å². The van der Waals surface area contributed by atoms with Gasteiger partial charge in [-0.2, -0.15) is 4.58 Å². The Morgan fingerprint density at radius 2 is 2.12 bits per heavy atom. The lowest BCUT2D eigenvalue weighted by atomic mass is 9.94. The molecular formula is C24H24ClN2O5S+. The van der Waals surface area contributed by atoms with Gasteiger partial charge in [0.2, 0.25) is 0 Å². The molecule has 1 fully saturated rings. The molecule has 2 aliphatic heterocycles. The number of hydrogen-bond donors (Lipinski definition) is 0. The highest BCUT2D eigenvalue weighted by atomic mass is 35.5. The van der Waals surface area contributed by atoms with Gasteiger partial charge in [0.15, 0.2) is 12.0 Å². The van der Waals surface area contributed by atoms with Crippen LogP contribution in [0.3, 0.4) is 0 Å². The number of likely N-dealkylation sites (N-methyl/N-ethyl adjacent to an activating group) is 1. The fourth-order valence-electron chi connectivity index (χ4n) is 3.98. The number of thiophene rings is 1. The van der Waals surface area contributed by atoms with Crippen molar-refractivity contribution in [2.24, 2.45) is 0 Å². The SMILES string of the molecule is CC[N+]1=CC=CC(c2ccc(N3C[C@H](CCC(=O)c4ccc(Cl)s4)OC3=O)cc2OC)C1=O. The largest absolute Gasteiger partial charge is 0.496 e. The van der Waals surface area contributed by atoms with Crippen LogP contribution in [-0.2, 0) is 9.53 Å². The Morgan fingerprint density at radius 1 is 1.30 bits per heavy atom. The standard InChI is InChI=1S/C24H24ClN2O5S/c1-3-26-12-4-5-18(23(26)29)17-8-6-15(13-20(17)31-2)27-14-16(32-24(27)30)7-9-19(28)21-10-11-22(25)33-21/h4-6,8,10-13,16,18H,3,7,9,14H2,1-2H3/q+1/t16-,18?/m0/s1. The summed E-state index contributed by atoms with van der Waals surface area (Å²) in [5.41, 5.74) is 1.35. The molecule has 1 aromatic carbocycles. The van der Waals surface area contributed by atoms with E-state index >= 15 is 0 Å². The average molecular weight is 488 g/mol. The number of hydrogen-bond acceptors (Lipinski definition) is 6. The fraction of sp³-hybridized carbons (Fsp3) is 0.333. The first kappa shape index (κ1) is 23.2. The lowest BCUT2D eigenvalue weighted by Crippen LogP contribution is -2.29. The highest BCUT2D eigenvalue weighted by molar-refractivity contribution is 7.18. The summed E-state index contributed by atoms with van der Waals surface area (Å²) in [7, 11) is 1.54. The molecule has 9 heteroatoms. The highest BCUT2D eigenvalue weighted by Gasteiger charge is 2.35. The first-order chi connectivity index (χ1) is 15.9. The summed E-state index contributed by atoms with van der Waals surface area (Å²) < 4.78 is 13.3. The van der Waals surface area contributed by atoms with Crippen LogP contribution in [0.5, 0.6) is 5.75 Å². The van der Waals surface area contributed by atoms with Crippen molar-refractivity contribution in [3.63, 3.8) is 0 Å². The number of allylic oxidation sites excluding steroid dienone is 1. The van der Waals surface area contributed by atoms with E-state index in [1.54, 1.807) is 35.1 Å². The fourth-order valence-corrected chi connectivity index (χ4v) is 4.99. The normalized spacial score (nSPS) is 20.1. The summed E-state index contributed by atoms with van der Waals surface area (Å²) in [6.07, 6.45) is 5.29. The number of anilines is 1. The Bertz CT molecular complexity index is 1160. The van der Waals surface area contributed by atoms with E-state index in [0.717, 1.165) is 5.56 Å². The maximum absolute atomic E-state index is 12.8. The zero-order chi connectivity index (χ0) is 23.5. The van der Waals surface area contributed by atoms with Gasteiger partial charge in [0.1, 0.15) is 24.3 Å². The number of ether oxygens (including phenoxy) is 2. The van der Waals surface area contributed by atoms with E-state index in [1.165, 1.54) is 23.3 Å². The van der Waals surface area contributed by atoms with Crippen LogP contribution in [0.2, 0.25) is 4.34 Å². The predicted molar refractivity (Wildman–Crippen MR) is 127 cm³/mol. The lowest BCUT2D eigenvalue weighted by Gasteiger charge is -2.19. The summed E-state index contributed by atoms with van der Waals surface area (Å²) in [5.74, 6) is 0.0304. The van der Waals surface area contributed by atoms with E-state index in [1.807, 2.05) is 25.1 Å². The molecule has 0 bridgehead atoms. The number of benzene rings is 1. The molecule has 2 atom stereocenters. The van der Waals surface area contributed by atoms with Gasteiger partial charge in [-0.05, 0) is 37.6 Å². The molecule has 1 aromatic heterocycles. The van der Waals surface area contributed by atoms with Crippen molar-refractivity contribution in [2.75, 3.05) is 25.1 Å². The molecule has 172 valence electrons. The topological polar surface area (TPSA) is 75.9 Å². The number of halogens is 1. The van der Waals surface area contributed by atoms with Crippen LogP contribution < -0.4 is 9.64 Å². The maximum Gasteiger partial charge on any atom is 0.414 e. The number of ketones is 1. The van der Waals surface area contributed by atoms with Crippen molar-refractivity contribution < 1.29 is 28.4 Å². The average Bonchev–Trinajstić information content (AvgIpc) is 3.42. The smallest absolute Gasteiger partial charge is 0.414 e. The third kappa shape index (κ3) is 4.86. The Balaban J connectivity index is 1.45. The second kappa shape index (κ2) is 9.89. The first-order valence-electron chi connectivity index (χ1n) is 10.7. The van der Waals surface area contributed by atoms with Gasteiger partial charge in [-0.15, -0.1) is 11.3 Å². The third-order valence-electron chi connectivity index (χ3n) is 5.74. The molecular weight excluding hydrogens is 464 g/mol. The summed E-state index contributed by atoms with van der Waals surface area (Å²) in [5, 5.41) is 0. The molecule has 33 heavy (non-hydrogen) atoms. The van der Waals surface area contributed by atoms with Gasteiger partial charge < -0.3 is 9.47 Å². The van der Waals surface area contributed by atoms with Crippen molar-refractivity contribution >= 4 is 52.6 Å². The van der Waals surface area contributed by atoms with Crippen molar-refractivity contribution in [3.8, 4) is 5.75 Å². The van der Waals surface area contributed by atoms with Gasteiger partial charge in [0.05, 0.1) is 28.6 Å². The van der Waals surface area contributed by atoms with E-state index in [9.17, 15) is 14.4 Å². The second-order valence-corrected chi connectivity index (χ2v) is 9.46. The van der Waals surface area contributed by atoms with Crippen LogP contribution in [0.4, 0.5) is 10.5 Å². The minimum Gasteiger partial charge on any atom is -0.496 e. The monoisotopic (exact) mass is 487 g/mol. The molecule has 1 unspecified atom stereocenters. The molecule has 0 N–H and O–H groups in total. The van der Waals surface area contributed by atoms with Crippen LogP contribution in [0.15, 0.2) is 42.5 Å². The molecule has 2 amide bonds. The molecule has 0 radical (unpaired) electrons. The molecule has 2 aromatic rings. The quantitative estimate of drug-likeness (QED) is 0.399. The van der Waals surface area contributed by atoms with E-state index in [2.05, 4.69) is 0 Å². The zero-order valence-corrected chi connectivity index (χ0v) is 19.9.